The third kappa shape index (κ3) is 2.55. The Labute approximate surface area is 108 Å². The fourth-order valence-corrected chi connectivity index (χ4v) is 3.41. The zero-order valence-electron chi connectivity index (χ0n) is 9.51. The van der Waals surface area contributed by atoms with E-state index in [2.05, 4.69) is 0 Å². The largest absolute Gasteiger partial charge is 0.349 e. The molecule has 1 aliphatic rings. The first-order valence-electron chi connectivity index (χ1n) is 5.37. The molecule has 4 nitrogen and oxygen atoms in total. The summed E-state index contributed by atoms with van der Waals surface area (Å²) in [6.45, 7) is 0. The predicted molar refractivity (Wildman–Crippen MR) is 73.6 cm³/mol. The second-order valence-electron chi connectivity index (χ2n) is 4.02. The molecule has 0 heterocycles. The van der Waals surface area contributed by atoms with Gasteiger partial charge in [-0.05, 0) is 17.6 Å². The minimum atomic E-state index is -2.43. The summed E-state index contributed by atoms with van der Waals surface area (Å²) in [5, 5.41) is 0. The van der Waals surface area contributed by atoms with Crippen LogP contribution < -0.4 is 0 Å². The van der Waals surface area contributed by atoms with Crippen molar-refractivity contribution in [3.8, 4) is 0 Å². The van der Waals surface area contributed by atoms with Gasteiger partial charge in [0.25, 0.3) is 0 Å². The van der Waals surface area contributed by atoms with E-state index in [1.54, 1.807) is 12.2 Å². The van der Waals surface area contributed by atoms with E-state index in [4.69, 9.17) is 0 Å². The molecule has 0 bridgehead atoms. The Balaban J connectivity index is 2.26. The van der Waals surface area contributed by atoms with Crippen LogP contribution in [0.3, 0.4) is 0 Å². The van der Waals surface area contributed by atoms with Gasteiger partial charge in [-0.15, -0.1) is 0 Å². The van der Waals surface area contributed by atoms with Gasteiger partial charge in [-0.25, -0.2) is 0 Å². The first-order valence-corrected chi connectivity index (χ1v) is 7.86. The van der Waals surface area contributed by atoms with Crippen LogP contribution in [0.1, 0.15) is 12.0 Å². The highest BCUT2D eigenvalue weighted by Gasteiger charge is 2.43. The molecule has 0 aliphatic heterocycles. The normalized spacial score (nSPS) is 18.2. The predicted octanol–water partition coefficient (Wildman–Crippen LogP) is 2.32. The van der Waals surface area contributed by atoms with Gasteiger partial charge in [0, 0.05) is 0 Å². The lowest BCUT2D eigenvalue weighted by molar-refractivity contribution is 0.429. The molecule has 6 heteroatoms. The molecule has 0 unspecified atom stereocenters. The van der Waals surface area contributed by atoms with Crippen molar-refractivity contribution in [1.82, 2.24) is 0 Å². The molecule has 0 saturated heterocycles. The third-order valence-corrected chi connectivity index (χ3v) is 6.07. The summed E-state index contributed by atoms with van der Waals surface area (Å²) in [6.07, 6.45) is 5.24. The maximum Gasteiger partial charge on any atom is 0.185 e. The average molecular weight is 284 g/mol. The van der Waals surface area contributed by atoms with Crippen molar-refractivity contribution in [1.29, 1.82) is 0 Å². The van der Waals surface area contributed by atoms with Crippen LogP contribution in [0.4, 0.5) is 0 Å². The van der Waals surface area contributed by atoms with Crippen molar-refractivity contribution in [2.24, 2.45) is 0 Å². The van der Waals surface area contributed by atoms with E-state index >= 15 is 0 Å². The summed E-state index contributed by atoms with van der Waals surface area (Å²) in [5.41, 5.74) is 1.96. The standard InChI is InChI=1S/C12H14O4P2/c13-17(14)12(18(15)16)8-6-11(7-9-12)10-4-2-1-3-5-10/h1-8,13-16H,9H2. The minimum Gasteiger partial charge on any atom is -0.349 e. The molecular formula is C12H14O4P2. The van der Waals surface area contributed by atoms with Crippen molar-refractivity contribution in [2.45, 2.75) is 11.3 Å². The molecule has 0 aromatic heterocycles. The summed E-state index contributed by atoms with van der Waals surface area (Å²) in [4.78, 5) is 36.2. The maximum absolute atomic E-state index is 9.39. The quantitative estimate of drug-likeness (QED) is 0.642. The van der Waals surface area contributed by atoms with Crippen molar-refractivity contribution in [2.75, 3.05) is 0 Å². The highest BCUT2D eigenvalue weighted by molar-refractivity contribution is 7.66. The van der Waals surface area contributed by atoms with Crippen LogP contribution in [0.2, 0.25) is 0 Å². The second-order valence-corrected chi connectivity index (χ2v) is 7.13. The van der Waals surface area contributed by atoms with E-state index in [9.17, 15) is 19.6 Å². The average Bonchev–Trinajstić information content (AvgIpc) is 2.39. The molecule has 1 aliphatic carbocycles. The number of hydrogen-bond acceptors (Lipinski definition) is 4. The van der Waals surface area contributed by atoms with Gasteiger partial charge >= 0.3 is 0 Å². The Kier molecular flexibility index (Phi) is 4.29. The van der Waals surface area contributed by atoms with E-state index in [1.165, 1.54) is 6.08 Å². The molecule has 96 valence electrons. The van der Waals surface area contributed by atoms with Crippen LogP contribution in [0.5, 0.6) is 0 Å². The summed E-state index contributed by atoms with van der Waals surface area (Å²) in [7, 11) is -4.87. The number of benzene rings is 1. The van der Waals surface area contributed by atoms with Gasteiger partial charge in [0.15, 0.2) is 16.8 Å². The number of hydrogen-bond donors (Lipinski definition) is 4. The summed E-state index contributed by atoms with van der Waals surface area (Å²) >= 11 is 0. The fraction of sp³-hybridized carbons (Fsp3) is 0.167. The SMILES string of the molecule is OP(O)C1(P(O)O)C=CC(c2ccccc2)=CC1. The van der Waals surface area contributed by atoms with E-state index in [1.807, 2.05) is 30.3 Å². The number of rotatable bonds is 3. The lowest BCUT2D eigenvalue weighted by Gasteiger charge is -2.33. The summed E-state index contributed by atoms with van der Waals surface area (Å²) < 4.78 is 0. The highest BCUT2D eigenvalue weighted by Crippen LogP contribution is 2.63. The van der Waals surface area contributed by atoms with Gasteiger partial charge in [0.05, 0.1) is 0 Å². The molecular weight excluding hydrogens is 270 g/mol. The molecule has 1 aromatic carbocycles. The van der Waals surface area contributed by atoms with Gasteiger partial charge in [-0.1, -0.05) is 48.6 Å². The van der Waals surface area contributed by atoms with E-state index in [0.717, 1.165) is 11.1 Å². The lowest BCUT2D eigenvalue weighted by atomic mass is 9.99. The molecule has 0 fully saturated rings. The molecule has 0 saturated carbocycles. The first kappa shape index (κ1) is 13.8. The summed E-state index contributed by atoms with van der Waals surface area (Å²) in [6, 6.07) is 9.65. The van der Waals surface area contributed by atoms with Crippen molar-refractivity contribution in [3.63, 3.8) is 0 Å². The lowest BCUT2D eigenvalue weighted by Crippen LogP contribution is -2.22. The fourth-order valence-electron chi connectivity index (χ4n) is 1.84. The van der Waals surface area contributed by atoms with Crippen LogP contribution in [0, 0.1) is 0 Å². The topological polar surface area (TPSA) is 80.9 Å². The van der Waals surface area contributed by atoms with Crippen molar-refractivity contribution in [3.05, 3.63) is 54.1 Å². The van der Waals surface area contributed by atoms with Crippen molar-refractivity contribution >= 4 is 22.3 Å². The Morgan fingerprint density at radius 3 is 2.00 bits per heavy atom. The van der Waals surface area contributed by atoms with Gasteiger partial charge < -0.3 is 19.6 Å². The summed E-state index contributed by atoms with van der Waals surface area (Å²) in [5.74, 6) is 0. The highest BCUT2D eigenvalue weighted by atomic mass is 31.2. The van der Waals surface area contributed by atoms with Gasteiger partial charge in [-0.3, -0.25) is 0 Å². The molecule has 0 radical (unpaired) electrons. The Bertz CT molecular complexity index is 460. The molecule has 0 spiro atoms. The van der Waals surface area contributed by atoms with Gasteiger partial charge in [0.1, 0.15) is 4.90 Å². The molecule has 0 atom stereocenters. The maximum atomic E-state index is 9.39. The van der Waals surface area contributed by atoms with Crippen LogP contribution in [0.15, 0.2) is 48.6 Å². The van der Waals surface area contributed by atoms with Crippen molar-refractivity contribution < 1.29 is 19.6 Å². The third-order valence-electron chi connectivity index (χ3n) is 2.95. The van der Waals surface area contributed by atoms with E-state index in [-0.39, 0.29) is 6.42 Å². The van der Waals surface area contributed by atoms with E-state index in [0.29, 0.717) is 0 Å². The molecule has 4 N–H and O–H groups in total. The second kappa shape index (κ2) is 5.58. The van der Waals surface area contributed by atoms with Gasteiger partial charge in [-0.2, -0.15) is 0 Å². The Morgan fingerprint density at radius 1 is 0.944 bits per heavy atom. The molecule has 18 heavy (non-hydrogen) atoms. The smallest absolute Gasteiger partial charge is 0.185 e. The molecule has 2 rings (SSSR count). The van der Waals surface area contributed by atoms with E-state index < -0.39 is 21.6 Å². The zero-order valence-corrected chi connectivity index (χ0v) is 11.3. The molecule has 0 amide bonds. The minimum absolute atomic E-state index is 0.213. The first-order chi connectivity index (χ1) is 8.56. The zero-order chi connectivity index (χ0) is 13.2. The van der Waals surface area contributed by atoms with Gasteiger partial charge in [0.2, 0.25) is 0 Å². The number of allylic oxidation sites excluding steroid dienone is 4. The molecule has 1 aromatic rings. The van der Waals surface area contributed by atoms with Crippen LogP contribution in [-0.4, -0.2) is 24.5 Å². The Morgan fingerprint density at radius 2 is 1.56 bits per heavy atom. The monoisotopic (exact) mass is 284 g/mol. The van der Waals surface area contributed by atoms with Crippen LogP contribution in [0.25, 0.3) is 5.57 Å². The van der Waals surface area contributed by atoms with Crippen LogP contribution >= 0.6 is 16.8 Å². The van der Waals surface area contributed by atoms with Crippen LogP contribution in [-0.2, 0) is 0 Å². The Hall–Kier alpha value is -0.600.